The van der Waals surface area contributed by atoms with Gasteiger partial charge < -0.3 is 14.3 Å². The maximum Gasteiger partial charge on any atom is 0.138 e. The highest BCUT2D eigenvalue weighted by atomic mass is 32.1. The number of rotatable bonds is 3. The third kappa shape index (κ3) is 3.57. The van der Waals surface area contributed by atoms with Crippen molar-refractivity contribution in [1.29, 1.82) is 0 Å². The van der Waals surface area contributed by atoms with E-state index in [1.54, 1.807) is 0 Å². The zero-order valence-corrected chi connectivity index (χ0v) is 25.1. The van der Waals surface area contributed by atoms with Gasteiger partial charge in [0.05, 0.1) is 21.4 Å². The average Bonchev–Trinajstić information content (AvgIpc) is 3.77. The third-order valence-electron chi connectivity index (χ3n) is 9.26. The van der Waals surface area contributed by atoms with Crippen LogP contribution in [-0.4, -0.2) is 11.1 Å². The molecule has 9 aromatic rings. The van der Waals surface area contributed by atoms with Gasteiger partial charge in [-0.3, -0.25) is 0 Å². The van der Waals surface area contributed by atoms with Gasteiger partial charge >= 0.3 is 0 Å². The zero-order valence-electron chi connectivity index (χ0n) is 24.2. The van der Waals surface area contributed by atoms with Gasteiger partial charge in [-0.15, -0.1) is 11.3 Å². The maximum absolute atomic E-state index is 6.72. The van der Waals surface area contributed by atoms with Crippen molar-refractivity contribution in [3.63, 3.8) is 0 Å². The van der Waals surface area contributed by atoms with E-state index in [1.807, 2.05) is 17.5 Å². The summed E-state index contributed by atoms with van der Waals surface area (Å²) in [7, 11) is 0. The van der Waals surface area contributed by atoms with E-state index in [1.165, 1.54) is 75.0 Å². The van der Waals surface area contributed by atoms with E-state index >= 15 is 0 Å². The SMILES string of the molecule is C1=CNCC(c2cccc3oc4cc(-n5c6ccccc6c6sc7ccc(-c8ccccc8)cc7c65)c5ccccc5c4c23)=C1. The van der Waals surface area contributed by atoms with Crippen LogP contribution in [-0.2, 0) is 0 Å². The number of thiophene rings is 1. The van der Waals surface area contributed by atoms with Crippen molar-refractivity contribution in [1.82, 2.24) is 9.88 Å². The molecule has 1 aliphatic rings. The second kappa shape index (κ2) is 9.46. The first-order valence-electron chi connectivity index (χ1n) is 15.3. The van der Waals surface area contributed by atoms with Gasteiger partial charge in [0.1, 0.15) is 11.2 Å². The van der Waals surface area contributed by atoms with Crippen LogP contribution in [0.2, 0.25) is 0 Å². The smallest absolute Gasteiger partial charge is 0.138 e. The topological polar surface area (TPSA) is 30.1 Å². The van der Waals surface area contributed by atoms with Gasteiger partial charge in [0.25, 0.3) is 0 Å². The molecule has 212 valence electrons. The van der Waals surface area contributed by atoms with Gasteiger partial charge in [0, 0.05) is 44.2 Å². The van der Waals surface area contributed by atoms with Crippen molar-refractivity contribution in [3.05, 3.63) is 145 Å². The second-order valence-corrected chi connectivity index (χ2v) is 12.8. The van der Waals surface area contributed by atoms with Crippen LogP contribution in [0.4, 0.5) is 0 Å². The van der Waals surface area contributed by atoms with Gasteiger partial charge in [-0.1, -0.05) is 97.1 Å². The first-order valence-corrected chi connectivity index (χ1v) is 16.1. The molecule has 10 rings (SSSR count). The molecule has 6 aromatic carbocycles. The second-order valence-electron chi connectivity index (χ2n) is 11.7. The Balaban J connectivity index is 1.34. The number of fused-ring (bicyclic) bond motifs is 10. The number of nitrogens with zero attached hydrogens (tertiary/aromatic N) is 1. The molecule has 0 atom stereocenters. The van der Waals surface area contributed by atoms with E-state index in [9.17, 15) is 0 Å². The molecule has 0 unspecified atom stereocenters. The van der Waals surface area contributed by atoms with Crippen LogP contribution in [0.5, 0.6) is 0 Å². The number of para-hydroxylation sites is 1. The zero-order chi connectivity index (χ0) is 29.5. The third-order valence-corrected chi connectivity index (χ3v) is 10.4. The average molecular weight is 595 g/mol. The van der Waals surface area contributed by atoms with Crippen LogP contribution in [0.1, 0.15) is 5.56 Å². The van der Waals surface area contributed by atoms with Crippen molar-refractivity contribution < 1.29 is 4.42 Å². The number of benzene rings is 6. The number of furan rings is 1. The predicted molar refractivity (Wildman–Crippen MR) is 192 cm³/mol. The number of aromatic nitrogens is 1. The van der Waals surface area contributed by atoms with E-state index in [0.29, 0.717) is 0 Å². The fourth-order valence-electron chi connectivity index (χ4n) is 7.29. The molecular weight excluding hydrogens is 569 g/mol. The summed E-state index contributed by atoms with van der Waals surface area (Å²) in [5.41, 5.74) is 10.3. The fraction of sp³-hybridized carbons (Fsp3) is 0.0244. The lowest BCUT2D eigenvalue weighted by Gasteiger charge is -2.14. The fourth-order valence-corrected chi connectivity index (χ4v) is 8.49. The highest BCUT2D eigenvalue weighted by Gasteiger charge is 2.23. The summed E-state index contributed by atoms with van der Waals surface area (Å²) in [6.45, 7) is 0.793. The van der Waals surface area contributed by atoms with Crippen molar-refractivity contribution in [2.75, 3.05) is 6.54 Å². The molecule has 0 aliphatic carbocycles. The summed E-state index contributed by atoms with van der Waals surface area (Å²) < 4.78 is 11.8. The molecule has 3 aromatic heterocycles. The van der Waals surface area contributed by atoms with E-state index in [2.05, 4.69) is 143 Å². The number of allylic oxidation sites excluding steroid dienone is 2. The minimum Gasteiger partial charge on any atom is -0.456 e. The lowest BCUT2D eigenvalue weighted by atomic mass is 9.95. The summed E-state index contributed by atoms with van der Waals surface area (Å²) in [5, 5.41) is 10.7. The van der Waals surface area contributed by atoms with Crippen molar-refractivity contribution in [2.24, 2.45) is 0 Å². The Morgan fingerprint density at radius 2 is 1.47 bits per heavy atom. The highest BCUT2D eigenvalue weighted by Crippen LogP contribution is 2.46. The predicted octanol–water partition coefficient (Wildman–Crippen LogP) is 11.2. The quantitative estimate of drug-likeness (QED) is 0.221. The van der Waals surface area contributed by atoms with Gasteiger partial charge in [-0.05, 0) is 64.2 Å². The summed E-state index contributed by atoms with van der Waals surface area (Å²) >= 11 is 1.88. The first-order chi connectivity index (χ1) is 22.3. The Kier molecular flexibility index (Phi) is 5.22. The normalized spacial score (nSPS) is 13.5. The molecular formula is C41H26N2OS. The van der Waals surface area contributed by atoms with Crippen molar-refractivity contribution in [3.8, 4) is 16.8 Å². The molecule has 0 spiro atoms. The highest BCUT2D eigenvalue weighted by molar-refractivity contribution is 7.26. The molecule has 0 fully saturated rings. The molecule has 0 saturated heterocycles. The monoisotopic (exact) mass is 594 g/mol. The van der Waals surface area contributed by atoms with Crippen LogP contribution >= 0.6 is 11.3 Å². The summed E-state index contributed by atoms with van der Waals surface area (Å²) in [6.07, 6.45) is 6.28. The molecule has 0 radical (unpaired) electrons. The minimum atomic E-state index is 0.793. The molecule has 0 amide bonds. The summed E-state index contributed by atoms with van der Waals surface area (Å²) in [6, 6.07) is 43.9. The van der Waals surface area contributed by atoms with Gasteiger partial charge in [0.2, 0.25) is 0 Å². The van der Waals surface area contributed by atoms with E-state index < -0.39 is 0 Å². The first kappa shape index (κ1) is 24.8. The van der Waals surface area contributed by atoms with Crippen LogP contribution < -0.4 is 5.32 Å². The molecule has 3 nitrogen and oxygen atoms in total. The molecule has 4 heteroatoms. The van der Waals surface area contributed by atoms with Crippen LogP contribution in [0.3, 0.4) is 0 Å². The Morgan fingerprint density at radius 1 is 0.644 bits per heavy atom. The molecule has 0 saturated carbocycles. The number of hydrogen-bond acceptors (Lipinski definition) is 3. The Bertz CT molecular complexity index is 2700. The standard InChI is InChI=1S/C41H26N2OS/c1-2-10-25(11-3-1)26-19-20-37-32(22-26)40-41(45-37)31-15-6-7-17-33(31)43(40)34-23-36-39(30-14-5-4-13-29(30)34)38-28(16-8-18-35(38)44-36)27-12-9-21-42-24-27/h1-23,42H,24H2. The van der Waals surface area contributed by atoms with Crippen molar-refractivity contribution in [2.45, 2.75) is 0 Å². The van der Waals surface area contributed by atoms with Crippen LogP contribution in [0.25, 0.3) is 86.3 Å². The lowest BCUT2D eigenvalue weighted by Crippen LogP contribution is -2.11. The Morgan fingerprint density at radius 3 is 2.33 bits per heavy atom. The Hall–Kier alpha value is -5.58. The van der Waals surface area contributed by atoms with Crippen LogP contribution in [0.15, 0.2) is 144 Å². The molecule has 1 aliphatic heterocycles. The maximum atomic E-state index is 6.72. The van der Waals surface area contributed by atoms with E-state index in [-0.39, 0.29) is 0 Å². The number of dihydropyridines is 1. The largest absolute Gasteiger partial charge is 0.456 e. The lowest BCUT2D eigenvalue weighted by molar-refractivity contribution is 0.669. The minimum absolute atomic E-state index is 0.793. The number of hydrogen-bond donors (Lipinski definition) is 1. The summed E-state index contributed by atoms with van der Waals surface area (Å²) in [5.74, 6) is 0. The molecule has 45 heavy (non-hydrogen) atoms. The summed E-state index contributed by atoms with van der Waals surface area (Å²) in [4.78, 5) is 0. The molecule has 4 heterocycles. The Labute approximate surface area is 262 Å². The number of nitrogens with one attached hydrogen (secondary N) is 1. The van der Waals surface area contributed by atoms with Crippen LogP contribution in [0, 0.1) is 0 Å². The van der Waals surface area contributed by atoms with E-state index in [0.717, 1.165) is 23.4 Å². The van der Waals surface area contributed by atoms with Crippen molar-refractivity contribution >= 4 is 80.8 Å². The van der Waals surface area contributed by atoms with Gasteiger partial charge in [-0.25, -0.2) is 0 Å². The van der Waals surface area contributed by atoms with E-state index in [4.69, 9.17) is 4.42 Å². The van der Waals surface area contributed by atoms with Gasteiger partial charge in [-0.2, -0.15) is 0 Å². The molecule has 1 N–H and O–H groups in total. The van der Waals surface area contributed by atoms with Gasteiger partial charge in [0.15, 0.2) is 0 Å². The molecule has 0 bridgehead atoms.